The first-order valence-electron chi connectivity index (χ1n) is 10.4. The van der Waals surface area contributed by atoms with E-state index in [4.69, 9.17) is 0 Å². The van der Waals surface area contributed by atoms with Crippen LogP contribution < -0.4 is 16.0 Å². The zero-order chi connectivity index (χ0) is 23.8. The molecule has 9 nitrogen and oxygen atoms in total. The van der Waals surface area contributed by atoms with Gasteiger partial charge in [0.05, 0.1) is 18.5 Å². The Balaban J connectivity index is 1.22. The van der Waals surface area contributed by atoms with E-state index >= 15 is 0 Å². The summed E-state index contributed by atoms with van der Waals surface area (Å²) in [6.45, 7) is 0.439. The Morgan fingerprint density at radius 2 is 1.85 bits per heavy atom. The third-order valence-corrected chi connectivity index (χ3v) is 6.30. The molecule has 0 aliphatic carbocycles. The summed E-state index contributed by atoms with van der Waals surface area (Å²) in [7, 11) is 0. The van der Waals surface area contributed by atoms with Crippen LogP contribution in [0.25, 0.3) is 0 Å². The van der Waals surface area contributed by atoms with Crippen LogP contribution in [-0.2, 0) is 40.3 Å². The first-order chi connectivity index (χ1) is 16.5. The van der Waals surface area contributed by atoms with E-state index in [1.54, 1.807) is 34.6 Å². The third-order valence-electron chi connectivity index (χ3n) is 4.62. The molecule has 0 spiro atoms. The number of aromatic nitrogens is 3. The van der Waals surface area contributed by atoms with Crippen LogP contribution >= 0.6 is 22.7 Å². The van der Waals surface area contributed by atoms with Crippen LogP contribution in [0, 0.1) is 0 Å². The predicted molar refractivity (Wildman–Crippen MR) is 132 cm³/mol. The van der Waals surface area contributed by atoms with Crippen molar-refractivity contribution >= 4 is 51.2 Å². The van der Waals surface area contributed by atoms with Crippen LogP contribution in [-0.4, -0.2) is 32.5 Å². The molecule has 0 saturated heterocycles. The van der Waals surface area contributed by atoms with Crippen molar-refractivity contribution in [2.24, 2.45) is 0 Å². The van der Waals surface area contributed by atoms with Crippen molar-refractivity contribution in [3.63, 3.8) is 0 Å². The number of anilines is 2. The van der Waals surface area contributed by atoms with Gasteiger partial charge in [0, 0.05) is 34.9 Å². The molecule has 0 bridgehead atoms. The smallest absolute Gasteiger partial charge is 0.246 e. The van der Waals surface area contributed by atoms with E-state index in [1.807, 2.05) is 35.7 Å². The summed E-state index contributed by atoms with van der Waals surface area (Å²) in [4.78, 5) is 41.9. The molecule has 0 unspecified atom stereocenters. The molecule has 0 atom stereocenters. The summed E-state index contributed by atoms with van der Waals surface area (Å²) in [5, 5.41) is 16.6. The van der Waals surface area contributed by atoms with Gasteiger partial charge in [0.25, 0.3) is 0 Å². The highest BCUT2D eigenvalue weighted by Crippen LogP contribution is 2.17. The van der Waals surface area contributed by atoms with Gasteiger partial charge < -0.3 is 16.0 Å². The van der Waals surface area contributed by atoms with Crippen molar-refractivity contribution in [3.05, 3.63) is 81.8 Å². The lowest BCUT2D eigenvalue weighted by molar-refractivity contribution is -0.120. The average molecular weight is 495 g/mol. The molecule has 11 heteroatoms. The van der Waals surface area contributed by atoms with Gasteiger partial charge in [0.15, 0.2) is 5.13 Å². The Labute approximate surface area is 203 Å². The summed E-state index contributed by atoms with van der Waals surface area (Å²) in [5.74, 6) is -0.508. The van der Waals surface area contributed by atoms with Crippen LogP contribution in [0.5, 0.6) is 0 Å². The fourth-order valence-electron chi connectivity index (χ4n) is 3.11. The summed E-state index contributed by atoms with van der Waals surface area (Å²) >= 11 is 2.82. The fourth-order valence-corrected chi connectivity index (χ4v) is 4.54. The number of rotatable bonds is 10. The molecule has 0 fully saturated rings. The van der Waals surface area contributed by atoms with Crippen LogP contribution in [0.3, 0.4) is 0 Å². The lowest BCUT2D eigenvalue weighted by Crippen LogP contribution is -2.25. The van der Waals surface area contributed by atoms with Crippen LogP contribution in [0.15, 0.2) is 65.6 Å². The number of thiophene rings is 1. The molecule has 3 heterocycles. The van der Waals surface area contributed by atoms with Crippen molar-refractivity contribution in [1.29, 1.82) is 0 Å². The topological polar surface area (TPSA) is 118 Å². The molecule has 3 amide bonds. The summed E-state index contributed by atoms with van der Waals surface area (Å²) in [6.07, 6.45) is 3.74. The molecule has 174 valence electrons. The van der Waals surface area contributed by atoms with Gasteiger partial charge in [-0.2, -0.15) is 5.10 Å². The number of hydrogen-bond acceptors (Lipinski definition) is 7. The van der Waals surface area contributed by atoms with Gasteiger partial charge in [-0.25, -0.2) is 4.98 Å². The molecule has 0 aliphatic rings. The number of hydrogen-bond donors (Lipinski definition) is 3. The normalized spacial score (nSPS) is 10.6. The van der Waals surface area contributed by atoms with Crippen LogP contribution in [0.1, 0.15) is 16.1 Å². The minimum Gasteiger partial charge on any atom is -0.352 e. The van der Waals surface area contributed by atoms with E-state index in [2.05, 4.69) is 26.0 Å². The van der Waals surface area contributed by atoms with Crippen molar-refractivity contribution < 1.29 is 14.4 Å². The maximum absolute atomic E-state index is 12.4. The maximum Gasteiger partial charge on any atom is 0.246 e. The summed E-state index contributed by atoms with van der Waals surface area (Å²) in [6, 6.07) is 12.9. The van der Waals surface area contributed by atoms with Gasteiger partial charge in [-0.15, -0.1) is 22.7 Å². The Hall–Kier alpha value is -3.83. The Kier molecular flexibility index (Phi) is 7.79. The van der Waals surface area contributed by atoms with Crippen LogP contribution in [0.2, 0.25) is 0 Å². The first kappa shape index (κ1) is 23.3. The van der Waals surface area contributed by atoms with E-state index in [-0.39, 0.29) is 30.7 Å². The Morgan fingerprint density at radius 1 is 0.941 bits per heavy atom. The number of carbonyl (C=O) groups excluding carboxylic acids is 3. The molecule has 0 aliphatic heterocycles. The van der Waals surface area contributed by atoms with Gasteiger partial charge in [-0.1, -0.05) is 18.2 Å². The number of nitrogens with zero attached hydrogens (tertiary/aromatic N) is 3. The number of thiazole rings is 1. The monoisotopic (exact) mass is 494 g/mol. The molecular weight excluding hydrogens is 472 g/mol. The Bertz CT molecular complexity index is 1250. The highest BCUT2D eigenvalue weighted by Gasteiger charge is 2.11. The Morgan fingerprint density at radius 3 is 2.65 bits per heavy atom. The number of benzene rings is 1. The van der Waals surface area contributed by atoms with Gasteiger partial charge in [-0.05, 0) is 35.2 Å². The maximum atomic E-state index is 12.4. The SMILES string of the molecule is O=C(Cc1csc(NC(=O)Cc2cccs2)n1)NCc1cccc(NC(=O)Cn2cccn2)c1. The van der Waals surface area contributed by atoms with E-state index in [0.717, 1.165) is 10.4 Å². The highest BCUT2D eigenvalue weighted by atomic mass is 32.1. The quantitative estimate of drug-likeness (QED) is 0.313. The summed E-state index contributed by atoms with van der Waals surface area (Å²) in [5.41, 5.74) is 2.09. The predicted octanol–water partition coefficient (Wildman–Crippen LogP) is 3.08. The molecule has 4 aromatic rings. The standard InChI is InChI=1S/C23H22N6O3S2/c30-20(11-18-15-34-23(27-18)28-21(31)12-19-6-2-9-33-19)24-13-16-4-1-5-17(10-16)26-22(32)14-29-8-3-7-25-29/h1-10,15H,11-14H2,(H,24,30)(H,26,32)(H,27,28,31). The minimum atomic E-state index is -0.188. The lowest BCUT2D eigenvalue weighted by atomic mass is 10.2. The summed E-state index contributed by atoms with van der Waals surface area (Å²) < 4.78 is 1.54. The van der Waals surface area contributed by atoms with Crippen molar-refractivity contribution in [2.45, 2.75) is 25.9 Å². The molecule has 1 aromatic carbocycles. The zero-order valence-electron chi connectivity index (χ0n) is 18.1. The van der Waals surface area contributed by atoms with Gasteiger partial charge in [0.2, 0.25) is 17.7 Å². The van der Waals surface area contributed by atoms with Crippen molar-refractivity contribution in [2.75, 3.05) is 10.6 Å². The molecule has 3 N–H and O–H groups in total. The van der Waals surface area contributed by atoms with E-state index in [0.29, 0.717) is 29.5 Å². The third kappa shape index (κ3) is 7.09. The molecule has 3 aromatic heterocycles. The minimum absolute atomic E-state index is 0.109. The second kappa shape index (κ2) is 11.3. The zero-order valence-corrected chi connectivity index (χ0v) is 19.7. The lowest BCUT2D eigenvalue weighted by Gasteiger charge is -2.09. The fraction of sp³-hybridized carbons (Fsp3) is 0.174. The van der Waals surface area contributed by atoms with E-state index in [9.17, 15) is 14.4 Å². The molecular formula is C23H22N6O3S2. The van der Waals surface area contributed by atoms with Gasteiger partial charge in [-0.3, -0.25) is 19.1 Å². The van der Waals surface area contributed by atoms with Gasteiger partial charge >= 0.3 is 0 Å². The molecule has 34 heavy (non-hydrogen) atoms. The second-order valence-corrected chi connectivity index (χ2v) is 9.24. The number of amides is 3. The molecule has 4 rings (SSSR count). The largest absolute Gasteiger partial charge is 0.352 e. The molecule has 0 radical (unpaired) electrons. The first-order valence-corrected chi connectivity index (χ1v) is 12.2. The number of carbonyl (C=O) groups is 3. The molecule has 0 saturated carbocycles. The van der Waals surface area contributed by atoms with Crippen molar-refractivity contribution in [3.8, 4) is 0 Å². The number of nitrogens with one attached hydrogen (secondary N) is 3. The average Bonchev–Trinajstić information content (AvgIpc) is 3.57. The van der Waals surface area contributed by atoms with Crippen LogP contribution in [0.4, 0.5) is 10.8 Å². The van der Waals surface area contributed by atoms with E-state index in [1.165, 1.54) is 22.7 Å². The van der Waals surface area contributed by atoms with Crippen molar-refractivity contribution in [1.82, 2.24) is 20.1 Å². The van der Waals surface area contributed by atoms with Gasteiger partial charge in [0.1, 0.15) is 6.54 Å². The van der Waals surface area contributed by atoms with E-state index < -0.39 is 0 Å². The second-order valence-electron chi connectivity index (χ2n) is 7.35. The highest BCUT2D eigenvalue weighted by molar-refractivity contribution is 7.14.